The van der Waals surface area contributed by atoms with E-state index in [-0.39, 0.29) is 5.11 Å². The number of aryl methyl sites for hydroxylation is 1. The van der Waals surface area contributed by atoms with Crippen LogP contribution in [-0.2, 0) is 6.54 Å². The van der Waals surface area contributed by atoms with E-state index in [1.165, 1.54) is 5.52 Å². The van der Waals surface area contributed by atoms with Crippen molar-refractivity contribution in [2.24, 2.45) is 10.9 Å². The van der Waals surface area contributed by atoms with Crippen molar-refractivity contribution in [3.63, 3.8) is 0 Å². The molecule has 2 rings (SSSR count). The first-order valence-corrected chi connectivity index (χ1v) is 6.04. The number of nitrogens with one attached hydrogen (secondary N) is 2. The number of hydrazine groups is 1. The largest absolute Gasteiger partial charge is 0.347 e. The van der Waals surface area contributed by atoms with Crippen LogP contribution in [0.15, 0.2) is 35.6 Å². The van der Waals surface area contributed by atoms with Gasteiger partial charge < -0.3 is 4.57 Å². The van der Waals surface area contributed by atoms with Crippen LogP contribution in [-0.4, -0.2) is 15.9 Å². The Morgan fingerprint density at radius 3 is 3.00 bits per heavy atom. The Balaban J connectivity index is 2.31. The molecule has 0 aliphatic carbocycles. The highest BCUT2D eigenvalue weighted by atomic mass is 32.1. The fourth-order valence-electron chi connectivity index (χ4n) is 1.83. The molecule has 0 spiro atoms. The lowest BCUT2D eigenvalue weighted by Gasteiger charge is -1.98. The highest BCUT2D eigenvalue weighted by molar-refractivity contribution is 7.80. The Bertz CT molecular complexity index is 587. The molecule has 18 heavy (non-hydrogen) atoms. The van der Waals surface area contributed by atoms with Gasteiger partial charge in [0.05, 0.1) is 6.21 Å². The molecule has 1 aromatic carbocycles. The summed E-state index contributed by atoms with van der Waals surface area (Å²) in [7, 11) is 0. The third-order valence-corrected chi connectivity index (χ3v) is 2.87. The van der Waals surface area contributed by atoms with E-state index in [0.29, 0.717) is 0 Å². The molecule has 5 nitrogen and oxygen atoms in total. The van der Waals surface area contributed by atoms with Crippen molar-refractivity contribution >= 4 is 34.4 Å². The minimum Gasteiger partial charge on any atom is -0.347 e. The van der Waals surface area contributed by atoms with E-state index < -0.39 is 0 Å². The fraction of sp³-hybridized carbons (Fsp3) is 0.167. The number of fused-ring (bicyclic) bond motifs is 1. The minimum absolute atomic E-state index is 0.283. The molecule has 0 atom stereocenters. The molecule has 1 heterocycles. The number of hydrogen-bond donors (Lipinski definition) is 3. The summed E-state index contributed by atoms with van der Waals surface area (Å²) >= 11 is 4.83. The molecule has 0 radical (unpaired) electrons. The van der Waals surface area contributed by atoms with Crippen LogP contribution in [0, 0.1) is 0 Å². The van der Waals surface area contributed by atoms with Gasteiger partial charge in [-0.3, -0.25) is 10.9 Å². The standard InChI is InChI=1S/C12H15N5S/c1-2-17-8-9(7-14-16-12(18)15-13)10-5-3-4-6-11(10)17/h3-8H,2,13H2,1H3,(H2,15,16,18)/b14-7+. The van der Waals surface area contributed by atoms with Crippen molar-refractivity contribution in [1.82, 2.24) is 15.4 Å². The van der Waals surface area contributed by atoms with E-state index in [4.69, 9.17) is 18.1 Å². The zero-order valence-electron chi connectivity index (χ0n) is 10.1. The number of benzene rings is 1. The second kappa shape index (κ2) is 5.61. The zero-order chi connectivity index (χ0) is 13.0. The van der Waals surface area contributed by atoms with Crippen LogP contribution in [0.4, 0.5) is 0 Å². The maximum absolute atomic E-state index is 5.14. The number of hydrazone groups is 1. The number of thiocarbonyl (C=S) groups is 1. The van der Waals surface area contributed by atoms with Crippen LogP contribution in [0.1, 0.15) is 12.5 Å². The number of aromatic nitrogens is 1. The fourth-order valence-corrected chi connectivity index (χ4v) is 1.89. The van der Waals surface area contributed by atoms with E-state index in [2.05, 4.69) is 45.8 Å². The normalized spacial score (nSPS) is 11.0. The SMILES string of the molecule is CCn1cc(/C=N/NC(=S)NN)c2ccccc21. The van der Waals surface area contributed by atoms with Gasteiger partial charge in [0, 0.05) is 29.2 Å². The first kappa shape index (κ1) is 12.5. The number of nitrogens with zero attached hydrogens (tertiary/aromatic N) is 2. The molecule has 0 unspecified atom stereocenters. The predicted molar refractivity (Wildman–Crippen MR) is 78.3 cm³/mol. The van der Waals surface area contributed by atoms with Crippen LogP contribution in [0.2, 0.25) is 0 Å². The summed E-state index contributed by atoms with van der Waals surface area (Å²) in [6.07, 6.45) is 3.80. The van der Waals surface area contributed by atoms with Crippen molar-refractivity contribution in [2.75, 3.05) is 0 Å². The van der Waals surface area contributed by atoms with Gasteiger partial charge >= 0.3 is 0 Å². The molecule has 0 bridgehead atoms. The highest BCUT2D eigenvalue weighted by Gasteiger charge is 2.04. The zero-order valence-corrected chi connectivity index (χ0v) is 10.9. The minimum atomic E-state index is 0.283. The Morgan fingerprint density at radius 2 is 2.28 bits per heavy atom. The smallest absolute Gasteiger partial charge is 0.201 e. The molecule has 1 aromatic heterocycles. The van der Waals surface area contributed by atoms with Crippen molar-refractivity contribution < 1.29 is 0 Å². The first-order valence-electron chi connectivity index (χ1n) is 5.63. The van der Waals surface area contributed by atoms with Gasteiger partial charge in [-0.25, -0.2) is 5.84 Å². The molecule has 2 aromatic rings. The summed E-state index contributed by atoms with van der Waals surface area (Å²) in [4.78, 5) is 0. The lowest BCUT2D eigenvalue weighted by molar-refractivity contribution is 0.797. The van der Waals surface area contributed by atoms with Gasteiger partial charge in [0.1, 0.15) is 0 Å². The molecule has 94 valence electrons. The van der Waals surface area contributed by atoms with Gasteiger partial charge in [-0.2, -0.15) is 5.10 Å². The van der Waals surface area contributed by atoms with Gasteiger partial charge in [-0.1, -0.05) is 18.2 Å². The lowest BCUT2D eigenvalue weighted by Crippen LogP contribution is -2.37. The maximum atomic E-state index is 5.14. The molecular weight excluding hydrogens is 246 g/mol. The molecular formula is C12H15N5S. The molecule has 0 amide bonds. The predicted octanol–water partition coefficient (Wildman–Crippen LogP) is 1.33. The molecule has 0 aliphatic rings. The molecule has 4 N–H and O–H groups in total. The van der Waals surface area contributed by atoms with E-state index >= 15 is 0 Å². The van der Waals surface area contributed by atoms with Crippen LogP contribution in [0.5, 0.6) is 0 Å². The number of rotatable bonds is 3. The number of para-hydroxylation sites is 1. The summed E-state index contributed by atoms with van der Waals surface area (Å²) in [5.74, 6) is 5.14. The second-order valence-corrected chi connectivity index (χ2v) is 4.14. The van der Waals surface area contributed by atoms with Crippen molar-refractivity contribution in [3.05, 3.63) is 36.0 Å². The van der Waals surface area contributed by atoms with E-state index in [1.54, 1.807) is 6.21 Å². The van der Waals surface area contributed by atoms with Crippen LogP contribution >= 0.6 is 12.2 Å². The van der Waals surface area contributed by atoms with Gasteiger partial charge in [0.15, 0.2) is 0 Å². The van der Waals surface area contributed by atoms with Gasteiger partial charge in [-0.05, 0) is 25.2 Å². The second-order valence-electron chi connectivity index (χ2n) is 3.73. The maximum Gasteiger partial charge on any atom is 0.201 e. The van der Waals surface area contributed by atoms with Crippen LogP contribution < -0.4 is 16.7 Å². The average molecular weight is 261 g/mol. The summed E-state index contributed by atoms with van der Waals surface area (Å²) in [5, 5.41) is 5.48. The van der Waals surface area contributed by atoms with Gasteiger partial charge in [-0.15, -0.1) is 0 Å². The summed E-state index contributed by atoms with van der Waals surface area (Å²) < 4.78 is 2.18. The van der Waals surface area contributed by atoms with E-state index in [9.17, 15) is 0 Å². The Morgan fingerprint density at radius 1 is 1.50 bits per heavy atom. The van der Waals surface area contributed by atoms with E-state index in [0.717, 1.165) is 17.5 Å². The quantitative estimate of drug-likeness (QED) is 0.337. The number of nitrogens with two attached hydrogens (primary N) is 1. The van der Waals surface area contributed by atoms with Gasteiger partial charge in [0.2, 0.25) is 5.11 Å². The summed E-state index contributed by atoms with van der Waals surface area (Å²) in [6, 6.07) is 8.21. The average Bonchev–Trinajstić information content (AvgIpc) is 2.77. The van der Waals surface area contributed by atoms with Crippen molar-refractivity contribution in [2.45, 2.75) is 13.5 Å². The third kappa shape index (κ3) is 2.49. The Labute approximate surface area is 111 Å². The highest BCUT2D eigenvalue weighted by Crippen LogP contribution is 2.19. The Kier molecular flexibility index (Phi) is 3.91. The summed E-state index contributed by atoms with van der Waals surface area (Å²) in [6.45, 7) is 3.03. The van der Waals surface area contributed by atoms with Crippen LogP contribution in [0.3, 0.4) is 0 Å². The first-order chi connectivity index (χ1) is 8.76. The topological polar surface area (TPSA) is 67.4 Å². The Hall–Kier alpha value is -1.92. The lowest BCUT2D eigenvalue weighted by atomic mass is 10.2. The third-order valence-electron chi connectivity index (χ3n) is 2.66. The van der Waals surface area contributed by atoms with Gasteiger partial charge in [0.25, 0.3) is 0 Å². The monoisotopic (exact) mass is 261 g/mol. The molecule has 0 saturated heterocycles. The molecule has 0 saturated carbocycles. The number of hydrogen-bond acceptors (Lipinski definition) is 3. The summed E-state index contributed by atoms with van der Waals surface area (Å²) in [5.41, 5.74) is 7.17. The molecule has 0 aliphatic heterocycles. The molecule has 0 fully saturated rings. The van der Waals surface area contributed by atoms with E-state index in [1.807, 2.05) is 12.1 Å². The molecule has 6 heteroatoms. The van der Waals surface area contributed by atoms with Crippen LogP contribution in [0.25, 0.3) is 10.9 Å². The van der Waals surface area contributed by atoms with Crippen molar-refractivity contribution in [3.8, 4) is 0 Å². The van der Waals surface area contributed by atoms with Crippen molar-refractivity contribution in [1.29, 1.82) is 0 Å².